The molecule has 34 heavy (non-hydrogen) atoms. The molecule has 0 bridgehead atoms. The largest absolute Gasteiger partial charge is 0.361 e. The topological polar surface area (TPSA) is 75.4 Å². The van der Waals surface area contributed by atoms with E-state index < -0.39 is 0 Å². The predicted octanol–water partition coefficient (Wildman–Crippen LogP) is 6.24. The zero-order valence-electron chi connectivity index (χ0n) is 20.0. The number of nitrogens with one attached hydrogen (secondary N) is 1. The third-order valence-corrected chi connectivity index (χ3v) is 7.62. The molecule has 0 atom stereocenters. The van der Waals surface area contributed by atoms with Crippen molar-refractivity contribution in [1.82, 2.24) is 10.1 Å². The molecule has 0 spiro atoms. The standard InChI is InChI=1S/C27H31N3O3S/c1-18-24(19(2)33-29-18)17-34-25-12-8-7-11-23(25)26(31)28-21-15-13-20(14-16-21)27(32)30(3)22-9-5-4-6-10-22/h7-8,11-16,22H,4-6,9-10,17H2,1-3H3,(H,28,31). The summed E-state index contributed by atoms with van der Waals surface area (Å²) in [6, 6.07) is 15.0. The van der Waals surface area contributed by atoms with Gasteiger partial charge in [-0.1, -0.05) is 36.6 Å². The van der Waals surface area contributed by atoms with Gasteiger partial charge in [-0.25, -0.2) is 0 Å². The van der Waals surface area contributed by atoms with Gasteiger partial charge in [-0.05, 0) is 63.1 Å². The van der Waals surface area contributed by atoms with Gasteiger partial charge in [0, 0.05) is 40.6 Å². The summed E-state index contributed by atoms with van der Waals surface area (Å²) in [5, 5.41) is 6.97. The van der Waals surface area contributed by atoms with Gasteiger partial charge in [-0.3, -0.25) is 9.59 Å². The molecule has 1 aliphatic carbocycles. The Kier molecular flexibility index (Phi) is 7.73. The van der Waals surface area contributed by atoms with Crippen molar-refractivity contribution < 1.29 is 14.1 Å². The van der Waals surface area contributed by atoms with Crippen molar-refractivity contribution in [2.75, 3.05) is 12.4 Å². The molecular weight excluding hydrogens is 446 g/mol. The molecule has 0 radical (unpaired) electrons. The lowest BCUT2D eigenvalue weighted by atomic mass is 9.94. The molecule has 6 nitrogen and oxygen atoms in total. The van der Waals surface area contributed by atoms with Crippen LogP contribution in [0.25, 0.3) is 0 Å². The molecule has 0 aliphatic heterocycles. The van der Waals surface area contributed by atoms with E-state index in [9.17, 15) is 9.59 Å². The molecule has 3 aromatic rings. The maximum absolute atomic E-state index is 13.0. The maximum Gasteiger partial charge on any atom is 0.256 e. The molecule has 4 rings (SSSR count). The molecule has 2 amide bonds. The van der Waals surface area contributed by atoms with E-state index in [4.69, 9.17) is 4.52 Å². The number of nitrogens with zero attached hydrogens (tertiary/aromatic N) is 2. The molecule has 0 saturated heterocycles. The molecule has 1 saturated carbocycles. The Bertz CT molecular complexity index is 1130. The second-order valence-corrected chi connectivity index (χ2v) is 9.84. The molecule has 1 fully saturated rings. The number of carbonyl (C=O) groups is 2. The van der Waals surface area contributed by atoms with Crippen LogP contribution in [0.3, 0.4) is 0 Å². The number of aromatic nitrogens is 1. The van der Waals surface area contributed by atoms with Crippen molar-refractivity contribution in [3.05, 3.63) is 76.7 Å². The minimum Gasteiger partial charge on any atom is -0.361 e. The molecule has 2 aromatic carbocycles. The van der Waals surface area contributed by atoms with Crippen LogP contribution >= 0.6 is 11.8 Å². The monoisotopic (exact) mass is 477 g/mol. The summed E-state index contributed by atoms with van der Waals surface area (Å²) in [6.07, 6.45) is 5.78. The van der Waals surface area contributed by atoms with Crippen LogP contribution in [0.4, 0.5) is 5.69 Å². The lowest BCUT2D eigenvalue weighted by Crippen LogP contribution is -2.38. The molecule has 1 aliphatic rings. The van der Waals surface area contributed by atoms with E-state index in [1.54, 1.807) is 36.0 Å². The van der Waals surface area contributed by atoms with Gasteiger partial charge in [-0.15, -0.1) is 11.8 Å². The van der Waals surface area contributed by atoms with Gasteiger partial charge in [0.1, 0.15) is 5.76 Å². The van der Waals surface area contributed by atoms with E-state index in [1.165, 1.54) is 19.3 Å². The van der Waals surface area contributed by atoms with Crippen molar-refractivity contribution in [1.29, 1.82) is 0 Å². The fourth-order valence-corrected chi connectivity index (χ4v) is 5.57. The Balaban J connectivity index is 1.40. The summed E-state index contributed by atoms with van der Waals surface area (Å²) in [5.41, 5.74) is 3.83. The van der Waals surface area contributed by atoms with Gasteiger partial charge >= 0.3 is 0 Å². The predicted molar refractivity (Wildman–Crippen MR) is 135 cm³/mol. The van der Waals surface area contributed by atoms with E-state index in [0.717, 1.165) is 34.8 Å². The summed E-state index contributed by atoms with van der Waals surface area (Å²) in [4.78, 5) is 28.7. The summed E-state index contributed by atoms with van der Waals surface area (Å²) < 4.78 is 5.25. The summed E-state index contributed by atoms with van der Waals surface area (Å²) >= 11 is 1.58. The zero-order valence-corrected chi connectivity index (χ0v) is 20.8. The van der Waals surface area contributed by atoms with Crippen LogP contribution < -0.4 is 5.32 Å². The smallest absolute Gasteiger partial charge is 0.256 e. The molecule has 7 heteroatoms. The summed E-state index contributed by atoms with van der Waals surface area (Å²) in [7, 11) is 1.89. The van der Waals surface area contributed by atoms with Crippen molar-refractivity contribution in [3.8, 4) is 0 Å². The number of anilines is 1. The molecule has 1 heterocycles. The molecule has 178 valence electrons. The van der Waals surface area contributed by atoms with Crippen molar-refractivity contribution >= 4 is 29.3 Å². The van der Waals surface area contributed by atoms with Crippen molar-refractivity contribution in [2.24, 2.45) is 0 Å². The number of hydrogen-bond acceptors (Lipinski definition) is 5. The minimum atomic E-state index is -0.180. The first-order valence-electron chi connectivity index (χ1n) is 11.8. The second kappa shape index (κ2) is 10.9. The Labute approximate surface area is 205 Å². The molecule has 0 unspecified atom stereocenters. The van der Waals surface area contributed by atoms with Crippen LogP contribution in [-0.4, -0.2) is 35.0 Å². The average Bonchev–Trinajstić information content (AvgIpc) is 3.19. The second-order valence-electron chi connectivity index (χ2n) is 8.83. The fourth-order valence-electron chi connectivity index (χ4n) is 4.37. The van der Waals surface area contributed by atoms with Crippen LogP contribution in [0.15, 0.2) is 57.9 Å². The first-order chi connectivity index (χ1) is 16.4. The van der Waals surface area contributed by atoms with Gasteiger partial charge in [0.2, 0.25) is 0 Å². The third kappa shape index (κ3) is 5.53. The first-order valence-corrected chi connectivity index (χ1v) is 12.7. The van der Waals surface area contributed by atoms with Crippen LogP contribution in [0.5, 0.6) is 0 Å². The van der Waals surface area contributed by atoms with Gasteiger partial charge < -0.3 is 14.7 Å². The highest BCUT2D eigenvalue weighted by atomic mass is 32.2. The van der Waals surface area contributed by atoms with Gasteiger partial charge in [0.25, 0.3) is 11.8 Å². The van der Waals surface area contributed by atoms with Gasteiger partial charge in [-0.2, -0.15) is 0 Å². The maximum atomic E-state index is 13.0. The molecule has 1 N–H and O–H groups in total. The zero-order chi connectivity index (χ0) is 24.1. The fraction of sp³-hybridized carbons (Fsp3) is 0.370. The minimum absolute atomic E-state index is 0.0332. The van der Waals surface area contributed by atoms with Crippen LogP contribution in [-0.2, 0) is 5.75 Å². The van der Waals surface area contributed by atoms with E-state index >= 15 is 0 Å². The first kappa shape index (κ1) is 24.1. The number of carbonyl (C=O) groups excluding carboxylic acids is 2. The Hall–Kier alpha value is -3.06. The summed E-state index contributed by atoms with van der Waals surface area (Å²) in [5.74, 6) is 1.33. The van der Waals surface area contributed by atoms with E-state index in [0.29, 0.717) is 28.6 Å². The van der Waals surface area contributed by atoms with Crippen molar-refractivity contribution in [3.63, 3.8) is 0 Å². The number of thioether (sulfide) groups is 1. The number of amides is 2. The van der Waals surface area contributed by atoms with Crippen molar-refractivity contribution in [2.45, 2.75) is 62.6 Å². The van der Waals surface area contributed by atoms with E-state index in [1.807, 2.05) is 50.1 Å². The van der Waals surface area contributed by atoms with Crippen LogP contribution in [0.2, 0.25) is 0 Å². The molecule has 1 aromatic heterocycles. The highest BCUT2D eigenvalue weighted by Crippen LogP contribution is 2.29. The lowest BCUT2D eigenvalue weighted by molar-refractivity contribution is 0.0696. The quantitative estimate of drug-likeness (QED) is 0.408. The van der Waals surface area contributed by atoms with Gasteiger partial charge in [0.15, 0.2) is 0 Å². The van der Waals surface area contributed by atoms with E-state index in [-0.39, 0.29) is 11.8 Å². The van der Waals surface area contributed by atoms with E-state index in [2.05, 4.69) is 10.5 Å². The SMILES string of the molecule is Cc1noc(C)c1CSc1ccccc1C(=O)Nc1ccc(C(=O)N(C)C2CCCCC2)cc1. The molecular formula is C27H31N3O3S. The Morgan fingerprint density at radius 2 is 1.76 bits per heavy atom. The Morgan fingerprint density at radius 3 is 2.44 bits per heavy atom. The van der Waals surface area contributed by atoms with Crippen LogP contribution in [0.1, 0.15) is 69.8 Å². The number of rotatable bonds is 7. The lowest BCUT2D eigenvalue weighted by Gasteiger charge is -2.31. The highest BCUT2D eigenvalue weighted by Gasteiger charge is 2.23. The summed E-state index contributed by atoms with van der Waals surface area (Å²) in [6.45, 7) is 3.82. The number of aryl methyl sites for hydroxylation is 2. The van der Waals surface area contributed by atoms with Gasteiger partial charge in [0.05, 0.1) is 11.3 Å². The normalized spacial score (nSPS) is 14.1. The Morgan fingerprint density at radius 1 is 1.06 bits per heavy atom. The average molecular weight is 478 g/mol. The van der Waals surface area contributed by atoms with Crippen LogP contribution in [0, 0.1) is 13.8 Å². The third-order valence-electron chi connectivity index (χ3n) is 6.52. The number of hydrogen-bond donors (Lipinski definition) is 1. The number of benzene rings is 2. The highest BCUT2D eigenvalue weighted by molar-refractivity contribution is 7.98.